The Morgan fingerprint density at radius 3 is 2.60 bits per heavy atom. The van der Waals surface area contributed by atoms with Crippen LogP contribution in [0.5, 0.6) is 0 Å². The van der Waals surface area contributed by atoms with Crippen LogP contribution in [0.3, 0.4) is 0 Å². The maximum Gasteiger partial charge on any atom is 0.341 e. The molecule has 1 aromatic carbocycles. The molecule has 6 heteroatoms. The summed E-state index contributed by atoms with van der Waals surface area (Å²) >= 11 is 0. The monoisotopic (exact) mass is 344 g/mol. The molecule has 1 heterocycles. The van der Waals surface area contributed by atoms with Gasteiger partial charge in [0.05, 0.1) is 11.3 Å². The van der Waals surface area contributed by atoms with E-state index >= 15 is 0 Å². The number of hydrogen-bond acceptors (Lipinski definition) is 4. The third-order valence-corrected chi connectivity index (χ3v) is 4.84. The van der Waals surface area contributed by atoms with Gasteiger partial charge in [-0.05, 0) is 38.3 Å². The molecule has 25 heavy (non-hydrogen) atoms. The van der Waals surface area contributed by atoms with Gasteiger partial charge in [-0.15, -0.1) is 0 Å². The van der Waals surface area contributed by atoms with Gasteiger partial charge < -0.3 is 15.0 Å². The lowest BCUT2D eigenvalue weighted by Gasteiger charge is -2.21. The van der Waals surface area contributed by atoms with Crippen molar-refractivity contribution in [1.82, 2.24) is 5.32 Å². The molecule has 0 aromatic heterocycles. The van der Waals surface area contributed by atoms with Crippen LogP contribution < -0.4 is 10.2 Å². The van der Waals surface area contributed by atoms with Crippen LogP contribution in [0.2, 0.25) is 0 Å². The van der Waals surface area contributed by atoms with Crippen LogP contribution in [0.15, 0.2) is 24.3 Å². The van der Waals surface area contributed by atoms with E-state index in [9.17, 15) is 14.4 Å². The fourth-order valence-corrected chi connectivity index (χ4v) is 3.45. The summed E-state index contributed by atoms with van der Waals surface area (Å²) in [6, 6.07) is 7.06. The SMILES string of the molecule is C[C@H](OC(=O)c1ccccc1N1CCCC1=O)C(=O)NC1CCCC1. The molecule has 1 atom stereocenters. The van der Waals surface area contributed by atoms with Crippen molar-refractivity contribution in [2.75, 3.05) is 11.4 Å². The highest BCUT2D eigenvalue weighted by atomic mass is 16.5. The largest absolute Gasteiger partial charge is 0.449 e. The van der Waals surface area contributed by atoms with Gasteiger partial charge in [0.1, 0.15) is 0 Å². The van der Waals surface area contributed by atoms with E-state index in [0.29, 0.717) is 24.2 Å². The molecule has 0 unspecified atom stereocenters. The highest BCUT2D eigenvalue weighted by Crippen LogP contribution is 2.26. The first-order valence-corrected chi connectivity index (χ1v) is 8.97. The van der Waals surface area contributed by atoms with Gasteiger partial charge in [-0.1, -0.05) is 25.0 Å². The van der Waals surface area contributed by atoms with Crippen molar-refractivity contribution in [1.29, 1.82) is 0 Å². The maximum absolute atomic E-state index is 12.5. The maximum atomic E-state index is 12.5. The molecule has 0 bridgehead atoms. The van der Waals surface area contributed by atoms with Gasteiger partial charge in [-0.25, -0.2) is 4.79 Å². The molecule has 1 saturated heterocycles. The first-order valence-electron chi connectivity index (χ1n) is 8.97. The van der Waals surface area contributed by atoms with Gasteiger partial charge in [0.25, 0.3) is 5.91 Å². The van der Waals surface area contributed by atoms with Crippen LogP contribution in [0.4, 0.5) is 5.69 Å². The molecule has 1 N–H and O–H groups in total. The van der Waals surface area contributed by atoms with Crippen LogP contribution in [0.25, 0.3) is 0 Å². The predicted octanol–water partition coefficient (Wildman–Crippen LogP) is 2.42. The van der Waals surface area contributed by atoms with E-state index in [0.717, 1.165) is 32.1 Å². The lowest BCUT2D eigenvalue weighted by atomic mass is 10.1. The van der Waals surface area contributed by atoms with Crippen LogP contribution in [0.1, 0.15) is 55.8 Å². The van der Waals surface area contributed by atoms with Crippen molar-refractivity contribution in [3.63, 3.8) is 0 Å². The Bertz CT molecular complexity index is 667. The smallest absolute Gasteiger partial charge is 0.341 e. The van der Waals surface area contributed by atoms with Gasteiger partial charge in [0.15, 0.2) is 6.10 Å². The Morgan fingerprint density at radius 2 is 1.92 bits per heavy atom. The zero-order valence-corrected chi connectivity index (χ0v) is 14.5. The Labute approximate surface area is 147 Å². The predicted molar refractivity (Wildman–Crippen MR) is 93.3 cm³/mol. The summed E-state index contributed by atoms with van der Waals surface area (Å²) in [6.45, 7) is 2.17. The quantitative estimate of drug-likeness (QED) is 0.833. The van der Waals surface area contributed by atoms with E-state index in [1.165, 1.54) is 0 Å². The van der Waals surface area contributed by atoms with E-state index in [1.54, 1.807) is 36.1 Å². The number of ether oxygens (including phenoxy) is 1. The molecule has 0 spiro atoms. The number of esters is 1. The molecule has 2 amide bonds. The van der Waals surface area contributed by atoms with Crippen LogP contribution in [0, 0.1) is 0 Å². The van der Waals surface area contributed by atoms with Crippen molar-refractivity contribution >= 4 is 23.5 Å². The van der Waals surface area contributed by atoms with Crippen molar-refractivity contribution in [3.05, 3.63) is 29.8 Å². The molecule has 1 aliphatic heterocycles. The first-order chi connectivity index (χ1) is 12.1. The minimum absolute atomic E-state index is 0.00674. The lowest BCUT2D eigenvalue weighted by molar-refractivity contribution is -0.129. The average Bonchev–Trinajstić information content (AvgIpc) is 3.26. The molecule has 134 valence electrons. The Hall–Kier alpha value is -2.37. The number of amides is 2. The normalized spacial score (nSPS) is 19.1. The fourth-order valence-electron chi connectivity index (χ4n) is 3.45. The summed E-state index contributed by atoms with van der Waals surface area (Å²) in [5.74, 6) is -0.841. The second-order valence-electron chi connectivity index (χ2n) is 6.70. The summed E-state index contributed by atoms with van der Waals surface area (Å²) < 4.78 is 5.36. The average molecular weight is 344 g/mol. The van der Waals surface area contributed by atoms with E-state index in [2.05, 4.69) is 5.32 Å². The summed E-state index contributed by atoms with van der Waals surface area (Å²) in [5.41, 5.74) is 0.872. The molecule has 1 saturated carbocycles. The molecule has 1 aliphatic carbocycles. The highest BCUT2D eigenvalue weighted by molar-refractivity contribution is 6.04. The third kappa shape index (κ3) is 4.00. The van der Waals surface area contributed by atoms with Gasteiger partial charge in [-0.3, -0.25) is 9.59 Å². The first kappa shape index (κ1) is 17.5. The minimum Gasteiger partial charge on any atom is -0.449 e. The number of benzene rings is 1. The van der Waals surface area contributed by atoms with Gasteiger partial charge in [-0.2, -0.15) is 0 Å². The number of carbonyl (C=O) groups excluding carboxylic acids is 3. The molecule has 3 rings (SSSR count). The molecule has 1 aromatic rings. The zero-order valence-electron chi connectivity index (χ0n) is 14.5. The molecule has 0 radical (unpaired) electrons. The van der Waals surface area contributed by atoms with Crippen molar-refractivity contribution in [2.24, 2.45) is 0 Å². The number of anilines is 1. The van der Waals surface area contributed by atoms with Gasteiger partial charge in [0, 0.05) is 19.0 Å². The van der Waals surface area contributed by atoms with Crippen LogP contribution in [-0.2, 0) is 14.3 Å². The summed E-state index contributed by atoms with van der Waals surface area (Å²) in [4.78, 5) is 38.3. The Balaban J connectivity index is 1.66. The van der Waals surface area contributed by atoms with Crippen molar-refractivity contribution < 1.29 is 19.1 Å². The van der Waals surface area contributed by atoms with E-state index in [1.807, 2.05) is 0 Å². The van der Waals surface area contributed by atoms with E-state index in [4.69, 9.17) is 4.74 Å². The van der Waals surface area contributed by atoms with Crippen molar-refractivity contribution in [2.45, 2.75) is 57.6 Å². The topological polar surface area (TPSA) is 75.7 Å². The van der Waals surface area contributed by atoms with Crippen molar-refractivity contribution in [3.8, 4) is 0 Å². The van der Waals surface area contributed by atoms with Crippen LogP contribution >= 0.6 is 0 Å². The second-order valence-corrected chi connectivity index (χ2v) is 6.70. The minimum atomic E-state index is -0.865. The van der Waals surface area contributed by atoms with E-state index < -0.39 is 12.1 Å². The molecule has 2 aliphatic rings. The molecule has 6 nitrogen and oxygen atoms in total. The summed E-state index contributed by atoms with van der Waals surface area (Å²) in [5, 5.41) is 2.93. The second kappa shape index (κ2) is 7.68. The standard InChI is InChI=1S/C19H24N2O4/c1-13(18(23)20-14-7-2-3-8-14)25-19(24)15-9-4-5-10-16(15)21-12-6-11-17(21)22/h4-5,9-10,13-14H,2-3,6-8,11-12H2,1H3,(H,20,23)/t13-/m0/s1. The van der Waals surface area contributed by atoms with Gasteiger partial charge in [0.2, 0.25) is 5.91 Å². The fraction of sp³-hybridized carbons (Fsp3) is 0.526. The number of nitrogens with zero attached hydrogens (tertiary/aromatic N) is 1. The van der Waals surface area contributed by atoms with Crippen LogP contribution in [-0.4, -0.2) is 36.5 Å². The Kier molecular flexibility index (Phi) is 5.36. The third-order valence-electron chi connectivity index (χ3n) is 4.84. The number of carbonyl (C=O) groups is 3. The van der Waals surface area contributed by atoms with E-state index in [-0.39, 0.29) is 17.9 Å². The lowest BCUT2D eigenvalue weighted by Crippen LogP contribution is -2.41. The summed E-state index contributed by atoms with van der Waals surface area (Å²) in [7, 11) is 0. The number of para-hydroxylation sites is 1. The number of hydrogen-bond donors (Lipinski definition) is 1. The van der Waals surface area contributed by atoms with Gasteiger partial charge >= 0.3 is 5.97 Å². The Morgan fingerprint density at radius 1 is 1.20 bits per heavy atom. The summed E-state index contributed by atoms with van der Waals surface area (Å²) in [6.07, 6.45) is 4.60. The highest BCUT2D eigenvalue weighted by Gasteiger charge is 2.28. The molecular weight excluding hydrogens is 320 g/mol. The molecule has 2 fully saturated rings. The zero-order chi connectivity index (χ0) is 17.8. The number of rotatable bonds is 5. The number of nitrogens with one attached hydrogen (secondary N) is 1. The molecular formula is C19H24N2O4.